The van der Waals surface area contributed by atoms with Crippen molar-refractivity contribution in [1.82, 2.24) is 20.2 Å². The van der Waals surface area contributed by atoms with E-state index in [-0.39, 0.29) is 5.91 Å². The molecule has 4 rings (SSSR count). The van der Waals surface area contributed by atoms with Gasteiger partial charge in [0.2, 0.25) is 5.91 Å². The van der Waals surface area contributed by atoms with E-state index in [9.17, 15) is 4.79 Å². The van der Waals surface area contributed by atoms with E-state index in [1.54, 1.807) is 0 Å². The van der Waals surface area contributed by atoms with Crippen LogP contribution in [-0.4, -0.2) is 45.9 Å². The van der Waals surface area contributed by atoms with E-state index < -0.39 is 0 Å². The van der Waals surface area contributed by atoms with Crippen molar-refractivity contribution in [1.29, 1.82) is 0 Å². The van der Waals surface area contributed by atoms with Gasteiger partial charge in [0.25, 0.3) is 0 Å². The molecule has 3 heterocycles. The minimum Gasteiger partial charge on any atom is -0.343 e. The Hall–Kier alpha value is -1.88. The van der Waals surface area contributed by atoms with Crippen molar-refractivity contribution in [3.05, 3.63) is 29.6 Å². The first-order chi connectivity index (χ1) is 11.6. The molecular formula is C19H26N4O. The second-order valence-electron chi connectivity index (χ2n) is 7.42. The highest BCUT2D eigenvalue weighted by molar-refractivity contribution is 5.79. The molecule has 1 aromatic carbocycles. The third-order valence-corrected chi connectivity index (χ3v) is 5.73. The minimum atomic E-state index is 0.235. The Balaban J connectivity index is 1.37. The number of nitrogens with zero attached hydrogens (tertiary/aromatic N) is 2. The van der Waals surface area contributed by atoms with Crippen LogP contribution in [0.3, 0.4) is 0 Å². The Labute approximate surface area is 142 Å². The Kier molecular flexibility index (Phi) is 4.04. The van der Waals surface area contributed by atoms with Crippen LogP contribution in [0.1, 0.15) is 43.5 Å². The van der Waals surface area contributed by atoms with Crippen LogP contribution in [0.5, 0.6) is 0 Å². The maximum atomic E-state index is 12.6. The van der Waals surface area contributed by atoms with Gasteiger partial charge in [-0.1, -0.05) is 12.1 Å². The van der Waals surface area contributed by atoms with Gasteiger partial charge in [0.15, 0.2) is 0 Å². The number of carbonyl (C=O) groups is 1. The molecule has 0 aliphatic carbocycles. The van der Waals surface area contributed by atoms with Gasteiger partial charge in [-0.25, -0.2) is 4.98 Å². The molecule has 2 N–H and O–H groups in total. The number of hydrogen-bond donors (Lipinski definition) is 2. The predicted molar refractivity (Wildman–Crippen MR) is 94.9 cm³/mol. The van der Waals surface area contributed by atoms with Crippen molar-refractivity contribution in [2.45, 2.75) is 63.6 Å². The van der Waals surface area contributed by atoms with E-state index in [1.165, 1.54) is 18.4 Å². The smallest absolute Gasteiger partial charge is 0.223 e. The lowest BCUT2D eigenvalue weighted by molar-refractivity contribution is -0.132. The summed E-state index contributed by atoms with van der Waals surface area (Å²) in [5, 5.41) is 3.64. The highest BCUT2D eigenvalue weighted by Gasteiger charge is 2.36. The molecule has 2 saturated heterocycles. The van der Waals surface area contributed by atoms with Crippen molar-refractivity contribution >= 4 is 16.9 Å². The van der Waals surface area contributed by atoms with Crippen LogP contribution in [0.4, 0.5) is 0 Å². The number of benzene rings is 1. The maximum absolute atomic E-state index is 12.6. The number of aromatic amines is 1. The summed E-state index contributed by atoms with van der Waals surface area (Å²) in [5.41, 5.74) is 3.24. The summed E-state index contributed by atoms with van der Waals surface area (Å²) in [7, 11) is 1.97. The van der Waals surface area contributed by atoms with Gasteiger partial charge in [-0.15, -0.1) is 0 Å². The third-order valence-electron chi connectivity index (χ3n) is 5.73. The van der Waals surface area contributed by atoms with E-state index >= 15 is 0 Å². The average molecular weight is 326 g/mol. The van der Waals surface area contributed by atoms with Crippen molar-refractivity contribution in [2.75, 3.05) is 7.05 Å². The molecule has 1 aromatic heterocycles. The van der Waals surface area contributed by atoms with Crippen LogP contribution < -0.4 is 5.32 Å². The molecule has 0 radical (unpaired) electrons. The zero-order valence-corrected chi connectivity index (χ0v) is 14.5. The first-order valence-corrected chi connectivity index (χ1v) is 9.06. The van der Waals surface area contributed by atoms with E-state index in [1.807, 2.05) is 24.1 Å². The standard InChI is InChI=1S/C19H26N4O/c1-12-4-3-5-16-19(12)22-17(21-16)8-9-18(24)23(2)15-10-13-6-7-14(11-15)20-13/h3-5,13-15,20H,6-11H2,1-2H3,(H,21,22). The van der Waals surface area contributed by atoms with E-state index in [4.69, 9.17) is 0 Å². The molecule has 2 aliphatic heterocycles. The molecule has 2 unspecified atom stereocenters. The summed E-state index contributed by atoms with van der Waals surface area (Å²) in [6, 6.07) is 7.76. The average Bonchev–Trinajstić information content (AvgIpc) is 3.15. The fourth-order valence-corrected chi connectivity index (χ4v) is 4.29. The van der Waals surface area contributed by atoms with E-state index in [0.717, 1.165) is 29.7 Å². The fourth-order valence-electron chi connectivity index (χ4n) is 4.29. The van der Waals surface area contributed by atoms with Crippen molar-refractivity contribution in [3.63, 3.8) is 0 Å². The minimum absolute atomic E-state index is 0.235. The number of fused-ring (bicyclic) bond motifs is 3. The number of imidazole rings is 1. The van der Waals surface area contributed by atoms with Crippen LogP contribution in [0.15, 0.2) is 18.2 Å². The Morgan fingerprint density at radius 3 is 2.75 bits per heavy atom. The first-order valence-electron chi connectivity index (χ1n) is 9.06. The number of para-hydroxylation sites is 1. The number of aromatic nitrogens is 2. The van der Waals surface area contributed by atoms with Crippen LogP contribution in [0.25, 0.3) is 11.0 Å². The molecule has 1 amide bonds. The Bertz CT molecular complexity index is 741. The molecule has 2 aromatic rings. The number of H-pyrrole nitrogens is 1. The Morgan fingerprint density at radius 2 is 2.04 bits per heavy atom. The van der Waals surface area contributed by atoms with Gasteiger partial charge >= 0.3 is 0 Å². The molecule has 24 heavy (non-hydrogen) atoms. The fraction of sp³-hybridized carbons (Fsp3) is 0.579. The zero-order valence-electron chi connectivity index (χ0n) is 14.5. The van der Waals surface area contributed by atoms with Crippen LogP contribution in [0, 0.1) is 6.92 Å². The van der Waals surface area contributed by atoms with E-state index in [0.29, 0.717) is 31.0 Å². The monoisotopic (exact) mass is 326 g/mol. The normalized spacial score (nSPS) is 26.0. The molecule has 2 atom stereocenters. The molecule has 0 saturated carbocycles. The highest BCUT2D eigenvalue weighted by atomic mass is 16.2. The summed E-state index contributed by atoms with van der Waals surface area (Å²) in [6.07, 6.45) is 5.93. The number of amides is 1. The maximum Gasteiger partial charge on any atom is 0.223 e. The number of piperidine rings is 1. The van der Waals surface area contributed by atoms with Gasteiger partial charge in [-0.05, 0) is 44.2 Å². The van der Waals surface area contributed by atoms with Crippen molar-refractivity contribution in [2.24, 2.45) is 0 Å². The van der Waals surface area contributed by atoms with Crippen molar-refractivity contribution < 1.29 is 4.79 Å². The molecule has 5 nitrogen and oxygen atoms in total. The lowest BCUT2D eigenvalue weighted by Gasteiger charge is -2.35. The topological polar surface area (TPSA) is 61.0 Å². The number of hydrogen-bond acceptors (Lipinski definition) is 3. The molecular weight excluding hydrogens is 300 g/mol. The second kappa shape index (κ2) is 6.20. The summed E-state index contributed by atoms with van der Waals surface area (Å²) in [4.78, 5) is 22.6. The molecule has 2 aliphatic rings. The first kappa shape index (κ1) is 15.6. The van der Waals surface area contributed by atoms with Crippen LogP contribution in [0.2, 0.25) is 0 Å². The van der Waals surface area contributed by atoms with Gasteiger partial charge in [-0.3, -0.25) is 4.79 Å². The van der Waals surface area contributed by atoms with E-state index in [2.05, 4.69) is 28.3 Å². The molecule has 0 spiro atoms. The van der Waals surface area contributed by atoms with Gasteiger partial charge in [0.05, 0.1) is 11.0 Å². The zero-order chi connectivity index (χ0) is 16.7. The summed E-state index contributed by atoms with van der Waals surface area (Å²) in [5.74, 6) is 1.14. The van der Waals surface area contributed by atoms with Gasteiger partial charge < -0.3 is 15.2 Å². The molecule has 5 heteroatoms. The van der Waals surface area contributed by atoms with Crippen LogP contribution in [-0.2, 0) is 11.2 Å². The molecule has 128 valence electrons. The van der Waals surface area contributed by atoms with Crippen LogP contribution >= 0.6 is 0 Å². The predicted octanol–water partition coefficient (Wildman–Crippen LogP) is 2.55. The lowest BCUT2D eigenvalue weighted by atomic mass is 9.98. The van der Waals surface area contributed by atoms with Gasteiger partial charge in [-0.2, -0.15) is 0 Å². The van der Waals surface area contributed by atoms with Gasteiger partial charge in [0.1, 0.15) is 5.82 Å². The lowest BCUT2D eigenvalue weighted by Crippen LogP contribution is -2.48. The molecule has 2 fully saturated rings. The molecule has 2 bridgehead atoms. The second-order valence-corrected chi connectivity index (χ2v) is 7.42. The summed E-state index contributed by atoms with van der Waals surface area (Å²) < 4.78 is 0. The largest absolute Gasteiger partial charge is 0.343 e. The highest BCUT2D eigenvalue weighted by Crippen LogP contribution is 2.29. The number of rotatable bonds is 4. The number of aryl methyl sites for hydroxylation is 2. The number of nitrogens with one attached hydrogen (secondary N) is 2. The summed E-state index contributed by atoms with van der Waals surface area (Å²) >= 11 is 0. The summed E-state index contributed by atoms with van der Waals surface area (Å²) in [6.45, 7) is 2.07. The number of carbonyl (C=O) groups excluding carboxylic acids is 1. The Morgan fingerprint density at radius 1 is 1.29 bits per heavy atom. The van der Waals surface area contributed by atoms with Gasteiger partial charge in [0, 0.05) is 38.0 Å². The third kappa shape index (κ3) is 2.93. The quantitative estimate of drug-likeness (QED) is 0.908. The SMILES string of the molecule is Cc1cccc2[nH]c(CCC(=O)N(C)C3CC4CCC(C3)N4)nc12. The van der Waals surface area contributed by atoms with Crippen molar-refractivity contribution in [3.8, 4) is 0 Å².